The summed E-state index contributed by atoms with van der Waals surface area (Å²) in [5, 5.41) is 17.6. The van der Waals surface area contributed by atoms with Gasteiger partial charge < -0.3 is 10.2 Å². The van der Waals surface area contributed by atoms with Crippen LogP contribution in [0.2, 0.25) is 0 Å². The van der Waals surface area contributed by atoms with Crippen molar-refractivity contribution in [2.45, 2.75) is 142 Å². The largest absolute Gasteiger partial charge is 0.478 e. The van der Waals surface area contributed by atoms with Crippen LogP contribution >= 0.6 is 0 Å². The fraction of sp³-hybridized carbons (Fsp3) is 0.846. The highest BCUT2D eigenvalue weighted by molar-refractivity contribution is 5.94. The maximum absolute atomic E-state index is 10.9. The van der Waals surface area contributed by atoms with Gasteiger partial charge in [0.15, 0.2) is 0 Å². The Morgan fingerprint density at radius 3 is 1.10 bits per heavy atom. The molecule has 0 unspecified atom stereocenters. The highest BCUT2D eigenvalue weighted by Crippen LogP contribution is 2.16. The van der Waals surface area contributed by atoms with Crippen LogP contribution in [0.3, 0.4) is 0 Å². The van der Waals surface area contributed by atoms with Crippen molar-refractivity contribution in [3.63, 3.8) is 0 Å². The zero-order valence-corrected chi connectivity index (χ0v) is 19.6. The van der Waals surface area contributed by atoms with Crippen molar-refractivity contribution in [2.24, 2.45) is 0 Å². The van der Waals surface area contributed by atoms with Crippen LogP contribution in [0.1, 0.15) is 142 Å². The number of carboxylic acids is 2. The number of aliphatic carboxylic acids is 2. The van der Waals surface area contributed by atoms with Crippen molar-refractivity contribution in [2.75, 3.05) is 0 Å². The summed E-state index contributed by atoms with van der Waals surface area (Å²) < 4.78 is 0. The average Bonchev–Trinajstić information content (AvgIpc) is 2.71. The van der Waals surface area contributed by atoms with Gasteiger partial charge in [-0.15, -0.1) is 0 Å². The minimum Gasteiger partial charge on any atom is -0.478 e. The van der Waals surface area contributed by atoms with E-state index in [1.54, 1.807) is 0 Å². The Morgan fingerprint density at radius 2 is 0.833 bits per heavy atom. The van der Waals surface area contributed by atoms with E-state index in [9.17, 15) is 9.59 Å². The third-order valence-corrected chi connectivity index (χ3v) is 5.87. The molecule has 0 aromatic rings. The molecule has 4 heteroatoms. The summed E-state index contributed by atoms with van der Waals surface area (Å²) in [6.45, 7) is 2.27. The topological polar surface area (TPSA) is 74.6 Å². The molecule has 0 spiro atoms. The summed E-state index contributed by atoms with van der Waals surface area (Å²) in [7, 11) is 0. The molecule has 0 saturated carbocycles. The molecule has 0 heterocycles. The first-order valence-corrected chi connectivity index (χ1v) is 12.7. The zero-order valence-electron chi connectivity index (χ0n) is 19.6. The lowest BCUT2D eigenvalue weighted by Gasteiger charge is -2.04. The van der Waals surface area contributed by atoms with E-state index in [0.717, 1.165) is 25.3 Å². The monoisotopic (exact) mass is 424 g/mol. The van der Waals surface area contributed by atoms with Crippen LogP contribution in [0.5, 0.6) is 0 Å². The van der Waals surface area contributed by atoms with E-state index in [2.05, 4.69) is 6.92 Å². The van der Waals surface area contributed by atoms with Gasteiger partial charge in [0.05, 0.1) is 0 Å². The molecule has 0 rings (SSSR count). The van der Waals surface area contributed by atoms with Gasteiger partial charge in [-0.05, 0) is 12.8 Å². The minimum absolute atomic E-state index is 0.00455. The zero-order chi connectivity index (χ0) is 22.3. The van der Waals surface area contributed by atoms with Crippen molar-refractivity contribution in [1.29, 1.82) is 0 Å². The Bertz CT molecular complexity index is 442. The highest BCUT2D eigenvalue weighted by atomic mass is 16.4. The van der Waals surface area contributed by atoms with Crippen molar-refractivity contribution >= 4 is 11.9 Å². The van der Waals surface area contributed by atoms with Gasteiger partial charge in [0.25, 0.3) is 0 Å². The van der Waals surface area contributed by atoms with E-state index in [0.29, 0.717) is 6.42 Å². The van der Waals surface area contributed by atoms with Crippen LogP contribution in [0.15, 0.2) is 11.6 Å². The first kappa shape index (κ1) is 28.7. The molecule has 0 aliphatic rings. The summed E-state index contributed by atoms with van der Waals surface area (Å²) in [6, 6.07) is 0. The molecule has 0 saturated heterocycles. The van der Waals surface area contributed by atoms with Gasteiger partial charge in [0.1, 0.15) is 0 Å². The van der Waals surface area contributed by atoms with Gasteiger partial charge in [-0.1, -0.05) is 129 Å². The Balaban J connectivity index is 3.25. The van der Waals surface area contributed by atoms with Crippen molar-refractivity contribution in [1.82, 2.24) is 0 Å². The van der Waals surface area contributed by atoms with Crippen molar-refractivity contribution in [3.05, 3.63) is 11.6 Å². The second-order valence-corrected chi connectivity index (χ2v) is 8.78. The van der Waals surface area contributed by atoms with Gasteiger partial charge in [-0.25, -0.2) is 9.59 Å². The molecule has 2 N–H and O–H groups in total. The van der Waals surface area contributed by atoms with E-state index >= 15 is 0 Å². The van der Waals surface area contributed by atoms with E-state index in [-0.39, 0.29) is 5.57 Å². The van der Waals surface area contributed by atoms with Gasteiger partial charge in [-0.2, -0.15) is 0 Å². The van der Waals surface area contributed by atoms with Crippen molar-refractivity contribution < 1.29 is 19.8 Å². The summed E-state index contributed by atoms with van der Waals surface area (Å²) in [5.41, 5.74) is 0.00455. The molecule has 0 atom stereocenters. The number of hydrogen-bond donors (Lipinski definition) is 2. The van der Waals surface area contributed by atoms with E-state index in [4.69, 9.17) is 10.2 Å². The Morgan fingerprint density at radius 1 is 0.533 bits per heavy atom. The molecular weight excluding hydrogens is 376 g/mol. The smallest absolute Gasteiger partial charge is 0.331 e. The highest BCUT2D eigenvalue weighted by Gasteiger charge is 2.08. The molecule has 0 amide bonds. The number of hydrogen-bond acceptors (Lipinski definition) is 2. The molecule has 0 aliphatic heterocycles. The normalized spacial score (nSPS) is 11.7. The molecule has 0 aromatic heterocycles. The molecule has 0 aliphatic carbocycles. The molecular formula is C26H48O4. The quantitative estimate of drug-likeness (QED) is 0.128. The maximum Gasteiger partial charge on any atom is 0.331 e. The number of unbranched alkanes of at least 4 members (excludes halogenated alkanes) is 19. The third-order valence-electron chi connectivity index (χ3n) is 5.87. The van der Waals surface area contributed by atoms with Crippen LogP contribution in [0.25, 0.3) is 0 Å². The van der Waals surface area contributed by atoms with Gasteiger partial charge in [0.2, 0.25) is 0 Å². The van der Waals surface area contributed by atoms with E-state index in [1.165, 1.54) is 109 Å². The Labute approximate surface area is 185 Å². The summed E-state index contributed by atoms with van der Waals surface area (Å²) in [5.74, 6) is -2.30. The fourth-order valence-electron chi connectivity index (χ4n) is 3.96. The summed E-state index contributed by atoms with van der Waals surface area (Å²) >= 11 is 0. The van der Waals surface area contributed by atoms with Crippen LogP contribution in [-0.2, 0) is 9.59 Å². The lowest BCUT2D eigenvalue weighted by atomic mass is 10.0. The Kier molecular flexibility index (Phi) is 21.4. The lowest BCUT2D eigenvalue weighted by molar-refractivity contribution is -0.135. The SMILES string of the molecule is CCCCCCCCCCCCCCCCCCCCCC/C(=C/C(=O)O)C(=O)O. The number of carbonyl (C=O) groups is 2. The van der Waals surface area contributed by atoms with Crippen LogP contribution in [-0.4, -0.2) is 22.2 Å². The van der Waals surface area contributed by atoms with Crippen LogP contribution < -0.4 is 0 Å². The summed E-state index contributed by atoms with van der Waals surface area (Å²) in [4.78, 5) is 21.5. The minimum atomic E-state index is -1.18. The molecule has 0 radical (unpaired) electrons. The first-order chi connectivity index (χ1) is 14.6. The maximum atomic E-state index is 10.9. The van der Waals surface area contributed by atoms with Gasteiger partial charge in [0, 0.05) is 11.6 Å². The lowest BCUT2D eigenvalue weighted by Crippen LogP contribution is -2.04. The Hall–Kier alpha value is -1.32. The average molecular weight is 425 g/mol. The molecule has 0 aromatic carbocycles. The van der Waals surface area contributed by atoms with Crippen LogP contribution in [0, 0.1) is 0 Å². The van der Waals surface area contributed by atoms with Gasteiger partial charge in [-0.3, -0.25) is 0 Å². The van der Waals surface area contributed by atoms with E-state index in [1.807, 2.05) is 0 Å². The molecule has 4 nitrogen and oxygen atoms in total. The van der Waals surface area contributed by atoms with Crippen molar-refractivity contribution in [3.8, 4) is 0 Å². The second kappa shape index (κ2) is 22.4. The molecule has 30 heavy (non-hydrogen) atoms. The fourth-order valence-corrected chi connectivity index (χ4v) is 3.96. The van der Waals surface area contributed by atoms with E-state index < -0.39 is 11.9 Å². The predicted octanol–water partition coefficient (Wildman–Crippen LogP) is 8.29. The molecule has 0 bridgehead atoms. The standard InChI is InChI=1S/C26H48O4/c1-2-3-4-5-6-7-8-9-10-11-12-13-14-15-16-17-18-19-20-21-22-24(26(29)30)23-25(27)28/h23H,2-22H2,1H3,(H,27,28)(H,29,30)/b24-23-. The third kappa shape index (κ3) is 21.4. The molecule has 176 valence electrons. The number of rotatable bonds is 23. The summed E-state index contributed by atoms with van der Waals surface area (Å²) in [6.07, 6.45) is 27.4. The predicted molar refractivity (Wildman–Crippen MR) is 126 cm³/mol. The second-order valence-electron chi connectivity index (χ2n) is 8.78. The van der Waals surface area contributed by atoms with Crippen LogP contribution in [0.4, 0.5) is 0 Å². The number of carboxylic acid groups (broad SMARTS) is 2. The molecule has 0 fully saturated rings. The first-order valence-electron chi connectivity index (χ1n) is 12.7. The van der Waals surface area contributed by atoms with Gasteiger partial charge >= 0.3 is 11.9 Å².